The van der Waals surface area contributed by atoms with Gasteiger partial charge in [0.2, 0.25) is 0 Å². The lowest BCUT2D eigenvalue weighted by atomic mass is 10.3. The molecule has 0 saturated carbocycles. The Morgan fingerprint density at radius 2 is 1.68 bits per heavy atom. The predicted molar refractivity (Wildman–Crippen MR) is 65.3 cm³/mol. The number of benzene rings is 2. The summed E-state index contributed by atoms with van der Waals surface area (Å²) in [5, 5.41) is 9.42. The number of hydrogen-bond acceptors (Lipinski definition) is 3. The van der Waals surface area contributed by atoms with Crippen molar-refractivity contribution in [3.05, 3.63) is 54.1 Å². The van der Waals surface area contributed by atoms with Crippen LogP contribution < -0.4 is 4.72 Å². The average molecular weight is 285 g/mol. The van der Waals surface area contributed by atoms with Crippen molar-refractivity contribution in [1.82, 2.24) is 0 Å². The van der Waals surface area contributed by atoms with Gasteiger partial charge in [-0.15, -0.1) is 0 Å². The van der Waals surface area contributed by atoms with Gasteiger partial charge in [0.05, 0.1) is 10.6 Å². The van der Waals surface area contributed by atoms with Crippen LogP contribution in [0.15, 0.2) is 47.4 Å². The number of sulfonamides is 1. The van der Waals surface area contributed by atoms with Crippen molar-refractivity contribution in [2.75, 3.05) is 4.72 Å². The summed E-state index contributed by atoms with van der Waals surface area (Å²) in [6.07, 6.45) is 0. The summed E-state index contributed by atoms with van der Waals surface area (Å²) in [7, 11) is -4.04. The first kappa shape index (κ1) is 13.3. The van der Waals surface area contributed by atoms with Crippen molar-refractivity contribution >= 4 is 15.7 Å². The molecule has 0 atom stereocenters. The van der Waals surface area contributed by atoms with E-state index >= 15 is 0 Å². The maximum Gasteiger partial charge on any atom is 0.262 e. The maximum absolute atomic E-state index is 13.0. The van der Waals surface area contributed by atoms with Crippen LogP contribution in [0.4, 0.5) is 14.5 Å². The number of phenolic OH excluding ortho intramolecular Hbond substituents is 1. The van der Waals surface area contributed by atoms with Crippen molar-refractivity contribution in [2.45, 2.75) is 4.90 Å². The molecule has 0 amide bonds. The second kappa shape index (κ2) is 4.85. The third-order valence-electron chi connectivity index (χ3n) is 2.31. The highest BCUT2D eigenvalue weighted by atomic mass is 32.2. The van der Waals surface area contributed by atoms with Crippen molar-refractivity contribution in [1.29, 1.82) is 0 Å². The van der Waals surface area contributed by atoms with Gasteiger partial charge < -0.3 is 5.11 Å². The van der Waals surface area contributed by atoms with Crippen molar-refractivity contribution in [3.63, 3.8) is 0 Å². The molecular formula is C12H9F2NO3S. The molecule has 0 aliphatic carbocycles. The number of anilines is 1. The number of halogens is 2. The fourth-order valence-electron chi connectivity index (χ4n) is 1.43. The fourth-order valence-corrected chi connectivity index (χ4v) is 2.53. The molecule has 7 heteroatoms. The fraction of sp³-hybridized carbons (Fsp3) is 0. The largest absolute Gasteiger partial charge is 0.506 e. The molecule has 0 spiro atoms. The van der Waals surface area contributed by atoms with Crippen LogP contribution >= 0.6 is 0 Å². The van der Waals surface area contributed by atoms with Gasteiger partial charge in [-0.3, -0.25) is 4.72 Å². The van der Waals surface area contributed by atoms with E-state index in [0.29, 0.717) is 0 Å². The van der Waals surface area contributed by atoms with Gasteiger partial charge in [-0.05, 0) is 30.3 Å². The number of hydrogen-bond donors (Lipinski definition) is 2. The molecule has 0 bridgehead atoms. The molecule has 0 heterocycles. The zero-order valence-corrected chi connectivity index (χ0v) is 10.3. The number of phenols is 1. The minimum atomic E-state index is -4.04. The molecule has 0 radical (unpaired) electrons. The summed E-state index contributed by atoms with van der Waals surface area (Å²) in [4.78, 5) is -0.295. The lowest BCUT2D eigenvalue weighted by molar-refractivity contribution is 0.471. The lowest BCUT2D eigenvalue weighted by Gasteiger charge is -2.09. The molecule has 0 unspecified atom stereocenters. The van der Waals surface area contributed by atoms with Crippen LogP contribution in [0, 0.1) is 11.6 Å². The summed E-state index contributed by atoms with van der Waals surface area (Å²) in [6.45, 7) is 0. The Bertz CT molecular complexity index is 717. The third-order valence-corrected chi connectivity index (χ3v) is 3.67. The zero-order valence-electron chi connectivity index (χ0n) is 9.47. The van der Waals surface area contributed by atoms with E-state index in [9.17, 15) is 22.3 Å². The Morgan fingerprint density at radius 1 is 1.00 bits per heavy atom. The third kappa shape index (κ3) is 3.00. The minimum absolute atomic E-state index is 0.189. The predicted octanol–water partition coefficient (Wildman–Crippen LogP) is 2.47. The lowest BCUT2D eigenvalue weighted by Crippen LogP contribution is -2.13. The van der Waals surface area contributed by atoms with E-state index in [1.54, 1.807) is 0 Å². The van der Waals surface area contributed by atoms with Gasteiger partial charge in [0, 0.05) is 6.07 Å². The molecule has 4 nitrogen and oxygen atoms in total. The van der Waals surface area contributed by atoms with E-state index in [1.807, 2.05) is 4.72 Å². The maximum atomic E-state index is 13.0. The first-order chi connectivity index (χ1) is 8.88. The summed E-state index contributed by atoms with van der Waals surface area (Å²) in [6, 6.07) is 7.21. The van der Waals surface area contributed by atoms with Crippen LogP contribution in [0.25, 0.3) is 0 Å². The molecule has 0 saturated heterocycles. The Hall–Kier alpha value is -2.15. The average Bonchev–Trinajstić information content (AvgIpc) is 2.33. The van der Waals surface area contributed by atoms with E-state index in [0.717, 1.165) is 30.3 Å². The monoisotopic (exact) mass is 285 g/mol. The van der Waals surface area contributed by atoms with Crippen LogP contribution in [0.1, 0.15) is 0 Å². The SMILES string of the molecule is O=S(=O)(Nc1ccc(F)cc1O)c1cccc(F)c1. The van der Waals surface area contributed by atoms with Gasteiger partial charge in [-0.1, -0.05) is 6.07 Å². The van der Waals surface area contributed by atoms with E-state index in [1.165, 1.54) is 12.1 Å². The highest BCUT2D eigenvalue weighted by molar-refractivity contribution is 7.92. The molecule has 2 aromatic rings. The first-order valence-electron chi connectivity index (χ1n) is 5.15. The van der Waals surface area contributed by atoms with Gasteiger partial charge in [0.25, 0.3) is 10.0 Å². The van der Waals surface area contributed by atoms with E-state index in [-0.39, 0.29) is 10.6 Å². The molecule has 0 aliphatic heterocycles. The van der Waals surface area contributed by atoms with Gasteiger partial charge in [0.15, 0.2) is 0 Å². The molecular weight excluding hydrogens is 276 g/mol. The normalized spacial score (nSPS) is 11.3. The van der Waals surface area contributed by atoms with Crippen molar-refractivity contribution in [3.8, 4) is 5.75 Å². The second-order valence-corrected chi connectivity index (χ2v) is 5.41. The summed E-state index contributed by atoms with van der Waals surface area (Å²) >= 11 is 0. The molecule has 0 fully saturated rings. The molecule has 2 N–H and O–H groups in total. The Kier molecular flexibility index (Phi) is 3.39. The van der Waals surface area contributed by atoms with Gasteiger partial charge >= 0.3 is 0 Å². The Morgan fingerprint density at radius 3 is 2.32 bits per heavy atom. The van der Waals surface area contributed by atoms with Crippen LogP contribution in [0.5, 0.6) is 5.75 Å². The number of rotatable bonds is 3. The van der Waals surface area contributed by atoms with Gasteiger partial charge in [-0.25, -0.2) is 17.2 Å². The smallest absolute Gasteiger partial charge is 0.262 e. The molecule has 2 rings (SSSR count). The van der Waals surface area contributed by atoms with Gasteiger partial charge in [-0.2, -0.15) is 0 Å². The molecule has 0 aliphatic rings. The highest BCUT2D eigenvalue weighted by Crippen LogP contribution is 2.26. The van der Waals surface area contributed by atoms with Crippen molar-refractivity contribution < 1.29 is 22.3 Å². The van der Waals surface area contributed by atoms with E-state index in [2.05, 4.69) is 0 Å². The van der Waals surface area contributed by atoms with Crippen molar-refractivity contribution in [2.24, 2.45) is 0 Å². The summed E-state index contributed by atoms with van der Waals surface area (Å²) < 4.78 is 51.6. The number of aromatic hydroxyl groups is 1. The molecule has 19 heavy (non-hydrogen) atoms. The van der Waals surface area contributed by atoms with Gasteiger partial charge in [0.1, 0.15) is 17.4 Å². The second-order valence-electron chi connectivity index (χ2n) is 3.72. The molecule has 2 aromatic carbocycles. The quantitative estimate of drug-likeness (QED) is 0.851. The minimum Gasteiger partial charge on any atom is -0.506 e. The Balaban J connectivity index is 2.36. The van der Waals surface area contributed by atoms with E-state index < -0.39 is 27.4 Å². The first-order valence-corrected chi connectivity index (χ1v) is 6.64. The Labute approximate surface area is 108 Å². The highest BCUT2D eigenvalue weighted by Gasteiger charge is 2.16. The number of nitrogens with one attached hydrogen (secondary N) is 1. The summed E-state index contributed by atoms with van der Waals surface area (Å²) in [5.41, 5.74) is -0.189. The summed E-state index contributed by atoms with van der Waals surface area (Å²) in [5.74, 6) is -1.96. The molecule has 100 valence electrons. The topological polar surface area (TPSA) is 66.4 Å². The zero-order chi connectivity index (χ0) is 14.0. The van der Waals surface area contributed by atoms with E-state index in [4.69, 9.17) is 0 Å². The molecule has 0 aromatic heterocycles. The van der Waals surface area contributed by atoms with Crippen LogP contribution in [-0.4, -0.2) is 13.5 Å². The van der Waals surface area contributed by atoms with Crippen LogP contribution in [-0.2, 0) is 10.0 Å². The van der Waals surface area contributed by atoms with Crippen LogP contribution in [0.2, 0.25) is 0 Å². The standard InChI is InChI=1S/C12H9F2NO3S/c13-8-2-1-3-10(6-8)19(17,18)15-11-5-4-9(14)7-12(11)16/h1-7,15-16H. The van der Waals surface area contributed by atoms with Crippen LogP contribution in [0.3, 0.4) is 0 Å².